The fourth-order valence-electron chi connectivity index (χ4n) is 3.22. The van der Waals surface area contributed by atoms with Gasteiger partial charge in [-0.1, -0.05) is 24.3 Å². The van der Waals surface area contributed by atoms with Gasteiger partial charge >= 0.3 is 6.09 Å². The average molecular weight is 449 g/mol. The monoisotopic (exact) mass is 448 g/mol. The van der Waals surface area contributed by atoms with Gasteiger partial charge in [-0.2, -0.15) is 0 Å². The summed E-state index contributed by atoms with van der Waals surface area (Å²) in [4.78, 5) is 51.9. The minimum Gasteiger partial charge on any atom is -0.444 e. The molecule has 4 amide bonds. The van der Waals surface area contributed by atoms with Crippen LogP contribution in [0.5, 0.6) is 0 Å². The SMILES string of the molecule is CCN(C(=O)C(CC(N)=O)NC(=O)OC(C)(C)C)C(C(=O)NC(C)C)c1ccccc1C. The number of nitrogens with two attached hydrogens (primary N) is 1. The number of hydrogen-bond donors (Lipinski definition) is 3. The lowest BCUT2D eigenvalue weighted by Crippen LogP contribution is -2.54. The summed E-state index contributed by atoms with van der Waals surface area (Å²) in [5.74, 6) is -1.74. The summed E-state index contributed by atoms with van der Waals surface area (Å²) in [6.45, 7) is 12.4. The lowest BCUT2D eigenvalue weighted by Gasteiger charge is -2.34. The molecule has 0 heterocycles. The van der Waals surface area contributed by atoms with Crippen LogP contribution in [0.2, 0.25) is 0 Å². The molecule has 0 fully saturated rings. The molecule has 0 aliphatic heterocycles. The average Bonchev–Trinajstić information content (AvgIpc) is 2.63. The fourth-order valence-corrected chi connectivity index (χ4v) is 3.22. The highest BCUT2D eigenvalue weighted by molar-refractivity contribution is 5.94. The summed E-state index contributed by atoms with van der Waals surface area (Å²) in [5, 5.41) is 5.29. The molecule has 0 aliphatic carbocycles. The maximum Gasteiger partial charge on any atom is 0.408 e. The highest BCUT2D eigenvalue weighted by Crippen LogP contribution is 2.26. The first-order chi connectivity index (χ1) is 14.8. The van der Waals surface area contributed by atoms with Crippen LogP contribution >= 0.6 is 0 Å². The Kier molecular flexibility index (Phi) is 9.68. The standard InChI is InChI=1S/C23H36N4O5/c1-8-27(19(20(29)25-14(2)3)16-12-10-9-11-15(16)4)21(30)17(13-18(24)28)26-22(31)32-23(5,6)7/h9-12,14,17,19H,8,13H2,1-7H3,(H2,24,28)(H,25,29)(H,26,31). The van der Waals surface area contributed by atoms with E-state index >= 15 is 0 Å². The van der Waals surface area contributed by atoms with E-state index < -0.39 is 42.0 Å². The van der Waals surface area contributed by atoms with Crippen molar-refractivity contribution in [2.24, 2.45) is 5.73 Å². The largest absolute Gasteiger partial charge is 0.444 e. The number of benzene rings is 1. The summed E-state index contributed by atoms with van der Waals surface area (Å²) in [6.07, 6.45) is -1.28. The van der Waals surface area contributed by atoms with Crippen molar-refractivity contribution in [1.82, 2.24) is 15.5 Å². The zero-order valence-corrected chi connectivity index (χ0v) is 20.0. The zero-order chi connectivity index (χ0) is 24.6. The lowest BCUT2D eigenvalue weighted by atomic mass is 9.97. The smallest absolute Gasteiger partial charge is 0.408 e. The number of nitrogens with one attached hydrogen (secondary N) is 2. The fraction of sp³-hybridized carbons (Fsp3) is 0.565. The van der Waals surface area contributed by atoms with Crippen molar-refractivity contribution < 1.29 is 23.9 Å². The first kappa shape index (κ1) is 26.9. The number of rotatable bonds is 9. The molecule has 2 atom stereocenters. The molecule has 32 heavy (non-hydrogen) atoms. The predicted molar refractivity (Wildman–Crippen MR) is 122 cm³/mol. The molecule has 2 unspecified atom stereocenters. The molecule has 0 bridgehead atoms. The second-order valence-electron chi connectivity index (χ2n) is 8.92. The Labute approximate surface area is 190 Å². The Morgan fingerprint density at radius 1 is 1.09 bits per heavy atom. The number of likely N-dealkylation sites (N-methyl/N-ethyl adjacent to an activating group) is 1. The van der Waals surface area contributed by atoms with E-state index in [4.69, 9.17) is 10.5 Å². The Bertz CT molecular complexity index is 832. The van der Waals surface area contributed by atoms with E-state index in [1.165, 1.54) is 4.90 Å². The Morgan fingerprint density at radius 2 is 1.69 bits per heavy atom. The van der Waals surface area contributed by atoms with Crippen molar-refractivity contribution in [3.8, 4) is 0 Å². The van der Waals surface area contributed by atoms with Crippen molar-refractivity contribution in [2.75, 3.05) is 6.54 Å². The van der Waals surface area contributed by atoms with E-state index in [1.807, 2.05) is 32.9 Å². The van der Waals surface area contributed by atoms with Gasteiger partial charge in [-0.15, -0.1) is 0 Å². The number of amides is 4. The summed E-state index contributed by atoms with van der Waals surface area (Å²) in [5.41, 5.74) is 6.01. The Morgan fingerprint density at radius 3 is 2.16 bits per heavy atom. The van der Waals surface area contributed by atoms with Gasteiger partial charge in [0.05, 0.1) is 6.42 Å². The number of primary amides is 1. The highest BCUT2D eigenvalue weighted by Gasteiger charge is 2.36. The normalized spacial score (nSPS) is 13.1. The molecule has 1 rings (SSSR count). The maximum atomic E-state index is 13.5. The third kappa shape index (κ3) is 8.20. The summed E-state index contributed by atoms with van der Waals surface area (Å²) >= 11 is 0. The van der Waals surface area contributed by atoms with Gasteiger partial charge in [-0.3, -0.25) is 14.4 Å². The molecule has 0 radical (unpaired) electrons. The second-order valence-corrected chi connectivity index (χ2v) is 8.92. The Hall–Kier alpha value is -3.10. The molecule has 1 aromatic carbocycles. The minimum absolute atomic E-state index is 0.149. The van der Waals surface area contributed by atoms with Gasteiger partial charge in [0.15, 0.2) is 0 Å². The highest BCUT2D eigenvalue weighted by atomic mass is 16.6. The van der Waals surface area contributed by atoms with Crippen LogP contribution < -0.4 is 16.4 Å². The van der Waals surface area contributed by atoms with Crippen molar-refractivity contribution in [2.45, 2.75) is 78.6 Å². The van der Waals surface area contributed by atoms with Crippen LogP contribution in [0.1, 0.15) is 65.1 Å². The van der Waals surface area contributed by atoms with E-state index in [2.05, 4.69) is 10.6 Å². The van der Waals surface area contributed by atoms with Crippen molar-refractivity contribution in [1.29, 1.82) is 0 Å². The number of carbonyl (C=O) groups is 4. The van der Waals surface area contributed by atoms with Crippen molar-refractivity contribution >= 4 is 23.8 Å². The van der Waals surface area contributed by atoms with E-state index in [0.29, 0.717) is 5.56 Å². The van der Waals surface area contributed by atoms with E-state index in [9.17, 15) is 19.2 Å². The maximum absolute atomic E-state index is 13.5. The molecular weight excluding hydrogens is 412 g/mol. The van der Waals surface area contributed by atoms with Crippen LogP contribution in [0.3, 0.4) is 0 Å². The van der Waals surface area contributed by atoms with E-state index in [1.54, 1.807) is 39.8 Å². The first-order valence-corrected chi connectivity index (χ1v) is 10.7. The van der Waals surface area contributed by atoms with Gasteiger partial charge in [0.1, 0.15) is 17.7 Å². The minimum atomic E-state index is -1.28. The third-order valence-corrected chi connectivity index (χ3v) is 4.49. The molecule has 178 valence electrons. The van der Waals surface area contributed by atoms with Crippen LogP contribution in [-0.4, -0.2) is 52.9 Å². The first-order valence-electron chi connectivity index (χ1n) is 10.7. The topological polar surface area (TPSA) is 131 Å². The van der Waals surface area contributed by atoms with Crippen LogP contribution in [0.15, 0.2) is 24.3 Å². The molecule has 0 saturated heterocycles. The Balaban J connectivity index is 3.37. The predicted octanol–water partition coefficient (Wildman–Crippen LogP) is 2.18. The van der Waals surface area contributed by atoms with Crippen LogP contribution in [0.25, 0.3) is 0 Å². The molecule has 1 aromatic rings. The van der Waals surface area contributed by atoms with Crippen LogP contribution in [0.4, 0.5) is 4.79 Å². The number of carbonyl (C=O) groups excluding carboxylic acids is 4. The summed E-state index contributed by atoms with van der Waals surface area (Å²) < 4.78 is 5.23. The molecule has 9 heteroatoms. The number of hydrogen-bond acceptors (Lipinski definition) is 5. The van der Waals surface area contributed by atoms with Gasteiger partial charge in [0.25, 0.3) is 0 Å². The lowest BCUT2D eigenvalue weighted by molar-refractivity contribution is -0.143. The van der Waals surface area contributed by atoms with Gasteiger partial charge < -0.3 is 26.0 Å². The second kappa shape index (κ2) is 11.5. The van der Waals surface area contributed by atoms with Crippen LogP contribution in [-0.2, 0) is 19.1 Å². The van der Waals surface area contributed by atoms with Crippen LogP contribution in [0, 0.1) is 6.92 Å². The molecular formula is C23H36N4O5. The molecule has 0 aliphatic rings. The number of nitrogens with zero attached hydrogens (tertiary/aromatic N) is 1. The molecule has 0 aromatic heterocycles. The van der Waals surface area contributed by atoms with Crippen molar-refractivity contribution in [3.05, 3.63) is 35.4 Å². The summed E-state index contributed by atoms with van der Waals surface area (Å²) in [6, 6.07) is 4.88. The number of alkyl carbamates (subject to hydrolysis) is 1. The molecule has 9 nitrogen and oxygen atoms in total. The van der Waals surface area contributed by atoms with Gasteiger partial charge in [-0.25, -0.2) is 4.79 Å². The summed E-state index contributed by atoms with van der Waals surface area (Å²) in [7, 11) is 0. The number of ether oxygens (including phenoxy) is 1. The zero-order valence-electron chi connectivity index (χ0n) is 20.0. The molecule has 4 N–H and O–H groups in total. The number of aryl methyl sites for hydroxylation is 1. The third-order valence-electron chi connectivity index (χ3n) is 4.49. The van der Waals surface area contributed by atoms with Crippen molar-refractivity contribution in [3.63, 3.8) is 0 Å². The van der Waals surface area contributed by atoms with Gasteiger partial charge in [-0.05, 0) is 59.6 Å². The molecule has 0 saturated carbocycles. The molecule has 0 spiro atoms. The van der Waals surface area contributed by atoms with Gasteiger partial charge in [0, 0.05) is 12.6 Å². The quantitative estimate of drug-likeness (QED) is 0.533. The van der Waals surface area contributed by atoms with Gasteiger partial charge in [0.2, 0.25) is 17.7 Å². The van der Waals surface area contributed by atoms with E-state index in [0.717, 1.165) is 5.56 Å². The van der Waals surface area contributed by atoms with E-state index in [-0.39, 0.29) is 18.5 Å².